The van der Waals surface area contributed by atoms with Crippen LogP contribution in [-0.2, 0) is 9.53 Å². The number of nitrogens with one attached hydrogen (secondary N) is 1. The summed E-state index contributed by atoms with van der Waals surface area (Å²) >= 11 is 0. The first kappa shape index (κ1) is 13.7. The molecule has 3 N–H and O–H groups in total. The summed E-state index contributed by atoms with van der Waals surface area (Å²) in [7, 11) is 0. The highest BCUT2D eigenvalue weighted by Gasteiger charge is 2.26. The number of aliphatic hydroxyl groups is 1. The number of hydrogen-bond donors (Lipinski definition) is 3. The van der Waals surface area contributed by atoms with Crippen LogP contribution in [0.3, 0.4) is 0 Å². The van der Waals surface area contributed by atoms with Crippen molar-refractivity contribution >= 4 is 12.0 Å². The zero-order chi connectivity index (χ0) is 13.0. The monoisotopic (exact) mass is 246 g/mol. The Balaban J connectivity index is 2.39. The SMILES string of the molecule is CC1CN(C(=O)NCC(O)C(=O)O)CC(C)O1. The van der Waals surface area contributed by atoms with Gasteiger partial charge in [-0.3, -0.25) is 0 Å². The van der Waals surface area contributed by atoms with E-state index < -0.39 is 12.1 Å². The van der Waals surface area contributed by atoms with Crippen LogP contribution in [0, 0.1) is 0 Å². The van der Waals surface area contributed by atoms with Gasteiger partial charge in [0, 0.05) is 13.1 Å². The van der Waals surface area contributed by atoms with E-state index in [2.05, 4.69) is 5.32 Å². The summed E-state index contributed by atoms with van der Waals surface area (Å²) in [5.74, 6) is -1.35. The van der Waals surface area contributed by atoms with Crippen molar-refractivity contribution in [2.75, 3.05) is 19.6 Å². The van der Waals surface area contributed by atoms with Crippen molar-refractivity contribution < 1.29 is 24.5 Å². The van der Waals surface area contributed by atoms with E-state index in [0.717, 1.165) is 0 Å². The standard InChI is InChI=1S/C10H18N2O5/c1-6-4-12(5-7(2)17-6)10(16)11-3-8(13)9(14)15/h6-8,13H,3-5H2,1-2H3,(H,11,16)(H,14,15). The van der Waals surface area contributed by atoms with Crippen LogP contribution in [0.2, 0.25) is 0 Å². The number of aliphatic hydroxyl groups excluding tert-OH is 1. The second-order valence-corrected chi connectivity index (χ2v) is 4.20. The van der Waals surface area contributed by atoms with Crippen molar-refractivity contribution in [3.8, 4) is 0 Å². The summed E-state index contributed by atoms with van der Waals surface area (Å²) in [6.07, 6.45) is -1.67. The second kappa shape index (κ2) is 5.83. The Kier molecular flexibility index (Phi) is 4.71. The Labute approximate surface area is 99.4 Å². The van der Waals surface area contributed by atoms with Gasteiger partial charge in [0.1, 0.15) is 0 Å². The molecule has 3 atom stereocenters. The molecule has 0 spiro atoms. The maximum Gasteiger partial charge on any atom is 0.334 e. The van der Waals surface area contributed by atoms with Crippen molar-refractivity contribution in [3.63, 3.8) is 0 Å². The fourth-order valence-electron chi connectivity index (χ4n) is 1.73. The van der Waals surface area contributed by atoms with Crippen LogP contribution < -0.4 is 5.32 Å². The Bertz CT molecular complexity index is 286. The first-order valence-electron chi connectivity index (χ1n) is 5.49. The van der Waals surface area contributed by atoms with E-state index >= 15 is 0 Å². The van der Waals surface area contributed by atoms with Crippen molar-refractivity contribution in [1.29, 1.82) is 0 Å². The molecule has 1 fully saturated rings. The highest BCUT2D eigenvalue weighted by atomic mass is 16.5. The lowest BCUT2D eigenvalue weighted by molar-refractivity contribution is -0.146. The molecule has 1 saturated heterocycles. The van der Waals surface area contributed by atoms with Gasteiger partial charge < -0.3 is 25.2 Å². The number of carbonyl (C=O) groups is 2. The van der Waals surface area contributed by atoms with Gasteiger partial charge >= 0.3 is 12.0 Å². The fraction of sp³-hybridized carbons (Fsp3) is 0.800. The number of urea groups is 1. The third-order valence-corrected chi connectivity index (χ3v) is 2.44. The maximum atomic E-state index is 11.7. The first-order valence-corrected chi connectivity index (χ1v) is 5.49. The van der Waals surface area contributed by atoms with E-state index in [1.165, 1.54) is 0 Å². The normalized spacial score (nSPS) is 26.4. The minimum Gasteiger partial charge on any atom is -0.479 e. The van der Waals surface area contributed by atoms with Crippen molar-refractivity contribution in [1.82, 2.24) is 10.2 Å². The van der Waals surface area contributed by atoms with Gasteiger partial charge in [0.25, 0.3) is 0 Å². The number of aliphatic carboxylic acids is 1. The van der Waals surface area contributed by atoms with E-state index in [1.807, 2.05) is 13.8 Å². The molecular weight excluding hydrogens is 228 g/mol. The number of amides is 2. The number of hydrogen-bond acceptors (Lipinski definition) is 4. The number of carboxylic acid groups (broad SMARTS) is 1. The molecule has 3 unspecified atom stereocenters. The van der Waals surface area contributed by atoms with Crippen LogP contribution >= 0.6 is 0 Å². The van der Waals surface area contributed by atoms with E-state index in [4.69, 9.17) is 14.9 Å². The molecule has 1 aliphatic rings. The summed E-state index contributed by atoms with van der Waals surface area (Å²) in [4.78, 5) is 23.6. The average molecular weight is 246 g/mol. The fourth-order valence-corrected chi connectivity index (χ4v) is 1.73. The Morgan fingerprint density at radius 1 is 1.41 bits per heavy atom. The molecule has 1 aliphatic heterocycles. The molecule has 7 heteroatoms. The molecule has 0 aromatic heterocycles. The summed E-state index contributed by atoms with van der Waals surface area (Å²) in [5, 5.41) is 19.8. The van der Waals surface area contributed by atoms with Gasteiger partial charge in [0.15, 0.2) is 6.10 Å². The molecule has 2 amide bonds. The van der Waals surface area contributed by atoms with Gasteiger partial charge in [0.05, 0.1) is 18.8 Å². The van der Waals surface area contributed by atoms with Gasteiger partial charge in [0.2, 0.25) is 0 Å². The molecule has 1 rings (SSSR count). The lowest BCUT2D eigenvalue weighted by atomic mass is 10.2. The smallest absolute Gasteiger partial charge is 0.334 e. The van der Waals surface area contributed by atoms with Crippen LogP contribution in [0.5, 0.6) is 0 Å². The summed E-state index contributed by atoms with van der Waals surface area (Å²) in [6.45, 7) is 4.34. The first-order chi connectivity index (χ1) is 7.90. The minimum absolute atomic E-state index is 0.0473. The molecular formula is C10H18N2O5. The third-order valence-electron chi connectivity index (χ3n) is 2.44. The lowest BCUT2D eigenvalue weighted by Crippen LogP contribution is -2.53. The van der Waals surface area contributed by atoms with E-state index in [0.29, 0.717) is 13.1 Å². The van der Waals surface area contributed by atoms with Crippen LogP contribution in [0.15, 0.2) is 0 Å². The number of carboxylic acids is 1. The van der Waals surface area contributed by atoms with E-state index in [9.17, 15) is 9.59 Å². The van der Waals surface area contributed by atoms with Gasteiger partial charge in [-0.25, -0.2) is 9.59 Å². The quantitative estimate of drug-likeness (QED) is 0.608. The molecule has 7 nitrogen and oxygen atoms in total. The van der Waals surface area contributed by atoms with E-state index in [-0.39, 0.29) is 24.8 Å². The Morgan fingerprint density at radius 3 is 2.41 bits per heavy atom. The summed E-state index contributed by atoms with van der Waals surface area (Å²) < 4.78 is 5.47. The Hall–Kier alpha value is -1.34. The zero-order valence-corrected chi connectivity index (χ0v) is 9.92. The highest BCUT2D eigenvalue weighted by molar-refractivity contribution is 5.76. The predicted octanol–water partition coefficient (Wildman–Crippen LogP) is -0.749. The molecule has 17 heavy (non-hydrogen) atoms. The van der Waals surface area contributed by atoms with Gasteiger partial charge in [-0.2, -0.15) is 0 Å². The van der Waals surface area contributed by atoms with E-state index in [1.54, 1.807) is 4.90 Å². The number of carbonyl (C=O) groups excluding carboxylic acids is 1. The number of rotatable bonds is 3. The maximum absolute atomic E-state index is 11.7. The molecule has 98 valence electrons. The molecule has 1 heterocycles. The molecule has 0 bridgehead atoms. The highest BCUT2D eigenvalue weighted by Crippen LogP contribution is 2.10. The topological polar surface area (TPSA) is 99.1 Å². The van der Waals surface area contributed by atoms with Crippen LogP contribution in [0.25, 0.3) is 0 Å². The van der Waals surface area contributed by atoms with Crippen molar-refractivity contribution in [2.24, 2.45) is 0 Å². The predicted molar refractivity (Wildman–Crippen MR) is 58.6 cm³/mol. The minimum atomic E-state index is -1.57. The zero-order valence-electron chi connectivity index (χ0n) is 9.92. The van der Waals surface area contributed by atoms with Crippen LogP contribution in [-0.4, -0.2) is 65.1 Å². The van der Waals surface area contributed by atoms with Crippen LogP contribution in [0.4, 0.5) is 4.79 Å². The summed E-state index contributed by atoms with van der Waals surface area (Å²) in [5.41, 5.74) is 0. The van der Waals surface area contributed by atoms with Crippen LogP contribution in [0.1, 0.15) is 13.8 Å². The van der Waals surface area contributed by atoms with Gasteiger partial charge in [-0.1, -0.05) is 0 Å². The third kappa shape index (κ3) is 4.20. The summed E-state index contributed by atoms with van der Waals surface area (Å²) in [6, 6.07) is -0.382. The van der Waals surface area contributed by atoms with Crippen molar-refractivity contribution in [2.45, 2.75) is 32.2 Å². The largest absolute Gasteiger partial charge is 0.479 e. The van der Waals surface area contributed by atoms with Gasteiger partial charge in [-0.05, 0) is 13.8 Å². The molecule has 0 aliphatic carbocycles. The van der Waals surface area contributed by atoms with Crippen molar-refractivity contribution in [3.05, 3.63) is 0 Å². The van der Waals surface area contributed by atoms with Gasteiger partial charge in [-0.15, -0.1) is 0 Å². The number of ether oxygens (including phenoxy) is 1. The molecule has 0 aromatic carbocycles. The molecule has 0 aromatic rings. The number of morpholine rings is 1. The second-order valence-electron chi connectivity index (χ2n) is 4.20. The molecule has 0 radical (unpaired) electrons. The average Bonchev–Trinajstić information content (AvgIpc) is 2.23. The number of nitrogens with zero attached hydrogens (tertiary/aromatic N) is 1. The lowest BCUT2D eigenvalue weighted by Gasteiger charge is -2.35. The molecule has 0 saturated carbocycles. The Morgan fingerprint density at radius 2 is 1.94 bits per heavy atom.